The molecular weight excluding hydrogens is 341 g/mol. The fourth-order valence-electron chi connectivity index (χ4n) is 1.61. The Morgan fingerprint density at radius 2 is 1.86 bits per heavy atom. The van der Waals surface area contributed by atoms with E-state index in [1.165, 1.54) is 6.07 Å². The molecule has 118 valence electrons. The molecule has 0 aliphatic carbocycles. The number of sulfonamides is 1. The summed E-state index contributed by atoms with van der Waals surface area (Å²) in [7, 11) is -4.26. The van der Waals surface area contributed by atoms with Crippen LogP contribution in [-0.4, -0.2) is 14.3 Å². The van der Waals surface area contributed by atoms with Gasteiger partial charge in [-0.3, -0.25) is 9.52 Å². The van der Waals surface area contributed by atoms with E-state index < -0.39 is 33.4 Å². The number of nitrogens with one attached hydrogen (secondary N) is 1. The van der Waals surface area contributed by atoms with Crippen LogP contribution in [0, 0.1) is 0 Å². The lowest BCUT2D eigenvalue weighted by Gasteiger charge is -2.13. The van der Waals surface area contributed by atoms with Crippen LogP contribution in [0.25, 0.3) is 0 Å². The number of hydrogen-bond donors (Lipinski definition) is 2. The fourth-order valence-corrected chi connectivity index (χ4v) is 3.82. The second kappa shape index (κ2) is 5.61. The number of rotatable bonds is 4. The van der Waals surface area contributed by atoms with Crippen LogP contribution in [-0.2, 0) is 16.2 Å². The average molecular weight is 350 g/mol. The first-order chi connectivity index (χ1) is 10.1. The van der Waals surface area contributed by atoms with E-state index in [0.29, 0.717) is 0 Å². The average Bonchev–Trinajstić information content (AvgIpc) is 2.88. The van der Waals surface area contributed by atoms with Crippen LogP contribution in [0.15, 0.2) is 40.6 Å². The van der Waals surface area contributed by atoms with Crippen LogP contribution in [0.3, 0.4) is 0 Å². The van der Waals surface area contributed by atoms with E-state index in [2.05, 4.69) is 0 Å². The summed E-state index contributed by atoms with van der Waals surface area (Å²) in [5, 5.41) is 1.12. The van der Waals surface area contributed by atoms with E-state index in [1.54, 1.807) is 0 Å². The van der Waals surface area contributed by atoms with Crippen LogP contribution >= 0.6 is 11.3 Å². The van der Waals surface area contributed by atoms with E-state index >= 15 is 0 Å². The van der Waals surface area contributed by atoms with Gasteiger partial charge in [0.1, 0.15) is 0 Å². The van der Waals surface area contributed by atoms with Crippen molar-refractivity contribution in [1.82, 2.24) is 0 Å². The third kappa shape index (κ3) is 3.39. The standard InChI is InChI=1S/C12H9F3N2O3S2/c13-12(14,15)8-3-1-2-4-9(8)17-22(19,20)7-5-10(11(16)18)21-6-7/h1-6,17H,(H2,16,18). The first-order valence-electron chi connectivity index (χ1n) is 5.68. The predicted octanol–water partition coefficient (Wildman–Crippen LogP) is 2.67. The van der Waals surface area contributed by atoms with Crippen LogP contribution in [0.4, 0.5) is 18.9 Å². The molecular formula is C12H9F3N2O3S2. The second-order valence-corrected chi connectivity index (χ2v) is 6.75. The Kier molecular flexibility index (Phi) is 4.16. The summed E-state index contributed by atoms with van der Waals surface area (Å²) in [5.74, 6) is -0.817. The van der Waals surface area contributed by atoms with Crippen molar-refractivity contribution in [1.29, 1.82) is 0 Å². The third-order valence-electron chi connectivity index (χ3n) is 2.61. The molecule has 2 aromatic rings. The van der Waals surface area contributed by atoms with E-state index in [1.807, 2.05) is 4.72 Å². The maximum absolute atomic E-state index is 12.8. The minimum atomic E-state index is -4.70. The monoisotopic (exact) mass is 350 g/mol. The summed E-state index contributed by atoms with van der Waals surface area (Å²) in [4.78, 5) is 10.6. The third-order valence-corrected chi connectivity index (χ3v) is 5.04. The molecule has 1 heterocycles. The zero-order valence-corrected chi connectivity index (χ0v) is 12.3. The molecule has 0 aliphatic rings. The number of carbonyl (C=O) groups excluding carboxylic acids is 1. The van der Waals surface area contributed by atoms with Gasteiger partial charge in [0.05, 0.1) is 21.0 Å². The highest BCUT2D eigenvalue weighted by atomic mass is 32.2. The molecule has 1 aromatic carbocycles. The van der Waals surface area contributed by atoms with Gasteiger partial charge in [-0.25, -0.2) is 8.42 Å². The molecule has 3 N–H and O–H groups in total. The highest BCUT2D eigenvalue weighted by Gasteiger charge is 2.34. The van der Waals surface area contributed by atoms with Gasteiger partial charge in [-0.15, -0.1) is 11.3 Å². The lowest BCUT2D eigenvalue weighted by atomic mass is 10.2. The Labute approximate surface area is 127 Å². The van der Waals surface area contributed by atoms with Gasteiger partial charge in [0.15, 0.2) is 0 Å². The molecule has 0 atom stereocenters. The van der Waals surface area contributed by atoms with Crippen LogP contribution in [0.2, 0.25) is 0 Å². The number of para-hydroxylation sites is 1. The number of carbonyl (C=O) groups is 1. The van der Waals surface area contributed by atoms with Gasteiger partial charge in [0.2, 0.25) is 0 Å². The van der Waals surface area contributed by atoms with Gasteiger partial charge in [-0.05, 0) is 18.2 Å². The van der Waals surface area contributed by atoms with Crippen molar-refractivity contribution in [3.05, 3.63) is 46.2 Å². The zero-order chi connectivity index (χ0) is 16.5. The summed E-state index contributed by atoms with van der Waals surface area (Å²) in [5.41, 5.74) is 3.31. The molecule has 0 unspecified atom stereocenters. The molecule has 0 bridgehead atoms. The van der Waals surface area contributed by atoms with Crippen molar-refractivity contribution in [2.45, 2.75) is 11.1 Å². The van der Waals surface area contributed by atoms with Crippen molar-refractivity contribution >= 4 is 33.0 Å². The molecule has 1 aromatic heterocycles. The summed E-state index contributed by atoms with van der Waals surface area (Å²) in [6.07, 6.45) is -4.70. The van der Waals surface area contributed by atoms with Gasteiger partial charge in [-0.1, -0.05) is 12.1 Å². The molecule has 2 rings (SSSR count). The Bertz CT molecular complexity index is 813. The summed E-state index contributed by atoms with van der Waals surface area (Å²) in [6, 6.07) is 5.19. The fraction of sp³-hybridized carbons (Fsp3) is 0.0833. The number of primary amides is 1. The number of amides is 1. The minimum Gasteiger partial charge on any atom is -0.365 e. The molecule has 0 saturated carbocycles. The normalized spacial score (nSPS) is 12.1. The van der Waals surface area contributed by atoms with Gasteiger partial charge >= 0.3 is 6.18 Å². The number of anilines is 1. The van der Waals surface area contributed by atoms with E-state index in [-0.39, 0.29) is 9.77 Å². The molecule has 22 heavy (non-hydrogen) atoms. The summed E-state index contributed by atoms with van der Waals surface area (Å²) >= 11 is 0.789. The molecule has 0 fully saturated rings. The van der Waals surface area contributed by atoms with Gasteiger partial charge in [0.25, 0.3) is 15.9 Å². The molecule has 0 spiro atoms. The number of alkyl halides is 3. The first-order valence-corrected chi connectivity index (χ1v) is 8.05. The number of benzene rings is 1. The maximum Gasteiger partial charge on any atom is 0.418 e. The lowest BCUT2D eigenvalue weighted by Crippen LogP contribution is -2.17. The zero-order valence-electron chi connectivity index (χ0n) is 10.7. The van der Waals surface area contributed by atoms with E-state index in [4.69, 9.17) is 5.73 Å². The minimum absolute atomic E-state index is 0.00974. The number of hydrogen-bond acceptors (Lipinski definition) is 4. The van der Waals surface area contributed by atoms with Gasteiger partial charge in [0, 0.05) is 5.38 Å². The summed E-state index contributed by atoms with van der Waals surface area (Å²) < 4.78 is 64.6. The Balaban J connectivity index is 2.39. The van der Waals surface area contributed by atoms with E-state index in [9.17, 15) is 26.4 Å². The van der Waals surface area contributed by atoms with E-state index in [0.717, 1.165) is 41.0 Å². The van der Waals surface area contributed by atoms with Crippen LogP contribution < -0.4 is 10.5 Å². The smallest absolute Gasteiger partial charge is 0.365 e. The SMILES string of the molecule is NC(=O)c1cc(S(=O)(=O)Nc2ccccc2C(F)(F)F)cs1. The number of nitrogens with two attached hydrogens (primary N) is 1. The largest absolute Gasteiger partial charge is 0.418 e. The Morgan fingerprint density at radius 1 is 1.23 bits per heavy atom. The molecule has 0 aliphatic heterocycles. The Morgan fingerprint density at radius 3 is 2.41 bits per heavy atom. The highest BCUT2D eigenvalue weighted by molar-refractivity contribution is 7.92. The number of halogens is 3. The lowest BCUT2D eigenvalue weighted by molar-refractivity contribution is -0.136. The Hall–Kier alpha value is -2.07. The van der Waals surface area contributed by atoms with Crippen LogP contribution in [0.1, 0.15) is 15.2 Å². The highest BCUT2D eigenvalue weighted by Crippen LogP contribution is 2.35. The molecule has 10 heteroatoms. The first kappa shape index (κ1) is 16.3. The summed E-state index contributed by atoms with van der Waals surface area (Å²) in [6.45, 7) is 0. The van der Waals surface area contributed by atoms with Crippen LogP contribution in [0.5, 0.6) is 0 Å². The molecule has 5 nitrogen and oxygen atoms in total. The topological polar surface area (TPSA) is 89.3 Å². The molecule has 0 radical (unpaired) electrons. The maximum atomic E-state index is 12.8. The number of thiophene rings is 1. The molecule has 0 saturated heterocycles. The van der Waals surface area contributed by atoms with Crippen molar-refractivity contribution in [2.24, 2.45) is 5.73 Å². The van der Waals surface area contributed by atoms with Crippen molar-refractivity contribution < 1.29 is 26.4 Å². The second-order valence-electron chi connectivity index (χ2n) is 4.16. The molecule has 1 amide bonds. The van der Waals surface area contributed by atoms with Gasteiger partial charge < -0.3 is 5.73 Å². The quantitative estimate of drug-likeness (QED) is 0.888. The van der Waals surface area contributed by atoms with Crippen molar-refractivity contribution in [3.63, 3.8) is 0 Å². The van der Waals surface area contributed by atoms with Crippen molar-refractivity contribution in [3.8, 4) is 0 Å². The van der Waals surface area contributed by atoms with Crippen molar-refractivity contribution in [2.75, 3.05) is 4.72 Å². The predicted molar refractivity (Wildman–Crippen MR) is 75.1 cm³/mol. The van der Waals surface area contributed by atoms with Gasteiger partial charge in [-0.2, -0.15) is 13.2 Å².